The fourth-order valence-electron chi connectivity index (χ4n) is 3.07. The van der Waals surface area contributed by atoms with Gasteiger partial charge in [0.1, 0.15) is 5.75 Å². The molecule has 27 heavy (non-hydrogen) atoms. The summed E-state index contributed by atoms with van der Waals surface area (Å²) in [6, 6.07) is 28.5. The van der Waals surface area contributed by atoms with Crippen LogP contribution in [0, 0.1) is 0 Å². The lowest BCUT2D eigenvalue weighted by Gasteiger charge is -2.11. The van der Waals surface area contributed by atoms with Crippen molar-refractivity contribution in [1.29, 1.82) is 0 Å². The lowest BCUT2D eigenvalue weighted by atomic mass is 10.0. The molecule has 1 heterocycles. The minimum atomic E-state index is 0.728. The number of methoxy groups -OCH3 is 1. The molecular weight excluding hydrogens is 332 g/mol. The van der Waals surface area contributed by atoms with E-state index in [0.717, 1.165) is 40.4 Å². The molecule has 4 rings (SSSR count). The average molecular weight is 352 g/mol. The van der Waals surface area contributed by atoms with Gasteiger partial charge in [0.05, 0.1) is 24.2 Å². The van der Waals surface area contributed by atoms with Gasteiger partial charge < -0.3 is 4.74 Å². The van der Waals surface area contributed by atoms with Crippen LogP contribution in [0.1, 0.15) is 11.3 Å². The van der Waals surface area contributed by atoms with E-state index in [9.17, 15) is 0 Å². The molecule has 0 atom stereocenters. The van der Waals surface area contributed by atoms with Gasteiger partial charge in [-0.2, -0.15) is 0 Å². The number of aromatic nitrogens is 2. The monoisotopic (exact) mass is 352 g/mol. The van der Waals surface area contributed by atoms with Crippen molar-refractivity contribution in [3.05, 3.63) is 102 Å². The first-order chi connectivity index (χ1) is 13.3. The molecule has 0 amide bonds. The average Bonchev–Trinajstić information content (AvgIpc) is 2.75. The van der Waals surface area contributed by atoms with Crippen molar-refractivity contribution in [2.75, 3.05) is 7.11 Å². The van der Waals surface area contributed by atoms with E-state index in [1.165, 1.54) is 5.56 Å². The van der Waals surface area contributed by atoms with E-state index in [0.29, 0.717) is 0 Å². The van der Waals surface area contributed by atoms with Gasteiger partial charge in [0.25, 0.3) is 0 Å². The second-order valence-corrected chi connectivity index (χ2v) is 6.32. The third-order valence-electron chi connectivity index (χ3n) is 4.46. The van der Waals surface area contributed by atoms with Crippen LogP contribution in [0.2, 0.25) is 0 Å². The van der Waals surface area contributed by atoms with Crippen molar-refractivity contribution < 1.29 is 4.74 Å². The van der Waals surface area contributed by atoms with Gasteiger partial charge in [-0.3, -0.25) is 4.98 Å². The SMILES string of the molecule is COc1ccc(Cc2cnc(-c3ccccc3)c(-c3ccccc3)n2)cc1. The van der Waals surface area contributed by atoms with Crippen LogP contribution in [0.25, 0.3) is 22.5 Å². The first-order valence-electron chi connectivity index (χ1n) is 8.93. The van der Waals surface area contributed by atoms with E-state index >= 15 is 0 Å². The lowest BCUT2D eigenvalue weighted by Crippen LogP contribution is -1.99. The van der Waals surface area contributed by atoms with E-state index < -0.39 is 0 Å². The van der Waals surface area contributed by atoms with Gasteiger partial charge in [0.2, 0.25) is 0 Å². The normalized spacial score (nSPS) is 10.6. The molecule has 0 spiro atoms. The highest BCUT2D eigenvalue weighted by molar-refractivity contribution is 5.77. The molecule has 1 aromatic heterocycles. The van der Waals surface area contributed by atoms with E-state index in [-0.39, 0.29) is 0 Å². The van der Waals surface area contributed by atoms with Gasteiger partial charge in [-0.1, -0.05) is 72.8 Å². The Balaban J connectivity index is 1.74. The zero-order valence-corrected chi connectivity index (χ0v) is 15.2. The summed E-state index contributed by atoms with van der Waals surface area (Å²) in [5.41, 5.74) is 6.07. The quantitative estimate of drug-likeness (QED) is 0.482. The summed E-state index contributed by atoms with van der Waals surface area (Å²) in [5, 5.41) is 0. The number of ether oxygens (including phenoxy) is 1. The molecule has 0 unspecified atom stereocenters. The van der Waals surface area contributed by atoms with Gasteiger partial charge in [-0.25, -0.2) is 4.98 Å². The van der Waals surface area contributed by atoms with Crippen LogP contribution < -0.4 is 4.74 Å². The smallest absolute Gasteiger partial charge is 0.118 e. The third-order valence-corrected chi connectivity index (χ3v) is 4.46. The van der Waals surface area contributed by atoms with Gasteiger partial charge in [-0.15, -0.1) is 0 Å². The number of rotatable bonds is 5. The standard InChI is InChI=1S/C24H20N2O/c1-27-22-14-12-18(13-15-22)16-21-17-25-23(19-8-4-2-5-9-19)24(26-21)20-10-6-3-7-11-20/h2-15,17H,16H2,1H3. The molecule has 3 aromatic carbocycles. The molecule has 4 aromatic rings. The van der Waals surface area contributed by atoms with Crippen LogP contribution >= 0.6 is 0 Å². The molecule has 0 fully saturated rings. The lowest BCUT2D eigenvalue weighted by molar-refractivity contribution is 0.414. The van der Waals surface area contributed by atoms with Crippen molar-refractivity contribution in [1.82, 2.24) is 9.97 Å². The minimum Gasteiger partial charge on any atom is -0.497 e. The molecule has 0 saturated carbocycles. The van der Waals surface area contributed by atoms with E-state index in [1.807, 2.05) is 54.7 Å². The fraction of sp³-hybridized carbons (Fsp3) is 0.0833. The highest BCUT2D eigenvalue weighted by Gasteiger charge is 2.12. The Bertz CT molecular complexity index is 1010. The molecule has 0 aliphatic carbocycles. The van der Waals surface area contributed by atoms with Crippen molar-refractivity contribution in [3.63, 3.8) is 0 Å². The Morgan fingerprint density at radius 2 is 1.30 bits per heavy atom. The summed E-state index contributed by atoms with van der Waals surface area (Å²) in [6.45, 7) is 0. The van der Waals surface area contributed by atoms with Crippen LogP contribution in [0.4, 0.5) is 0 Å². The number of hydrogen-bond acceptors (Lipinski definition) is 3. The molecule has 3 nitrogen and oxygen atoms in total. The van der Waals surface area contributed by atoms with Crippen molar-refractivity contribution >= 4 is 0 Å². The topological polar surface area (TPSA) is 35.0 Å². The summed E-state index contributed by atoms with van der Waals surface area (Å²) >= 11 is 0. The Labute approximate surface area is 159 Å². The molecule has 3 heteroatoms. The number of benzene rings is 3. The molecule has 0 bridgehead atoms. The molecule has 0 saturated heterocycles. The summed E-state index contributed by atoms with van der Waals surface area (Å²) in [7, 11) is 1.68. The van der Waals surface area contributed by atoms with E-state index in [1.54, 1.807) is 7.11 Å². The Morgan fingerprint density at radius 3 is 1.89 bits per heavy atom. The molecule has 0 aliphatic heterocycles. The van der Waals surface area contributed by atoms with Crippen LogP contribution in [-0.2, 0) is 6.42 Å². The highest BCUT2D eigenvalue weighted by atomic mass is 16.5. The second-order valence-electron chi connectivity index (χ2n) is 6.32. The fourth-order valence-corrected chi connectivity index (χ4v) is 3.07. The largest absolute Gasteiger partial charge is 0.497 e. The third kappa shape index (κ3) is 3.87. The number of nitrogens with zero attached hydrogens (tertiary/aromatic N) is 2. The van der Waals surface area contributed by atoms with Gasteiger partial charge in [0.15, 0.2) is 0 Å². The summed E-state index contributed by atoms with van der Waals surface area (Å²) < 4.78 is 5.23. The minimum absolute atomic E-state index is 0.728. The Kier molecular flexibility index (Phi) is 4.93. The second kappa shape index (κ2) is 7.83. The Hall–Kier alpha value is -3.46. The van der Waals surface area contributed by atoms with Gasteiger partial charge in [-0.05, 0) is 17.7 Å². The van der Waals surface area contributed by atoms with Crippen LogP contribution in [0.3, 0.4) is 0 Å². The van der Waals surface area contributed by atoms with Crippen LogP contribution in [-0.4, -0.2) is 17.1 Å². The summed E-state index contributed by atoms with van der Waals surface area (Å²) in [4.78, 5) is 9.73. The first-order valence-corrected chi connectivity index (χ1v) is 8.93. The van der Waals surface area contributed by atoms with E-state index in [4.69, 9.17) is 14.7 Å². The van der Waals surface area contributed by atoms with Gasteiger partial charge >= 0.3 is 0 Å². The molecule has 0 radical (unpaired) electrons. The van der Waals surface area contributed by atoms with Crippen LogP contribution in [0.15, 0.2) is 91.1 Å². The maximum atomic E-state index is 5.23. The molecule has 132 valence electrons. The summed E-state index contributed by atoms with van der Waals surface area (Å²) in [6.07, 6.45) is 2.60. The predicted octanol–water partition coefficient (Wildman–Crippen LogP) is 5.41. The predicted molar refractivity (Wildman–Crippen MR) is 109 cm³/mol. The van der Waals surface area contributed by atoms with Crippen molar-refractivity contribution in [3.8, 4) is 28.3 Å². The van der Waals surface area contributed by atoms with Gasteiger partial charge in [0, 0.05) is 23.7 Å². The first kappa shape index (κ1) is 17.0. The van der Waals surface area contributed by atoms with Crippen LogP contribution in [0.5, 0.6) is 5.75 Å². The highest BCUT2D eigenvalue weighted by Crippen LogP contribution is 2.29. The number of hydrogen-bond donors (Lipinski definition) is 0. The summed E-state index contributed by atoms with van der Waals surface area (Å²) in [5.74, 6) is 0.856. The zero-order chi connectivity index (χ0) is 18.5. The maximum absolute atomic E-state index is 5.23. The van der Waals surface area contributed by atoms with Crippen molar-refractivity contribution in [2.24, 2.45) is 0 Å². The maximum Gasteiger partial charge on any atom is 0.118 e. The van der Waals surface area contributed by atoms with Crippen molar-refractivity contribution in [2.45, 2.75) is 6.42 Å². The van der Waals surface area contributed by atoms with E-state index in [2.05, 4.69) is 36.4 Å². The zero-order valence-electron chi connectivity index (χ0n) is 15.2. The Morgan fingerprint density at radius 1 is 0.704 bits per heavy atom. The molecule has 0 aliphatic rings. The molecular formula is C24H20N2O. The molecule has 0 N–H and O–H groups in total.